The quantitative estimate of drug-likeness (QED) is 0.872. The van der Waals surface area contributed by atoms with Gasteiger partial charge in [-0.2, -0.15) is 0 Å². The molecule has 0 aromatic heterocycles. The van der Waals surface area contributed by atoms with Gasteiger partial charge in [0.25, 0.3) is 0 Å². The summed E-state index contributed by atoms with van der Waals surface area (Å²) in [6.45, 7) is 8.17. The molecule has 0 bridgehead atoms. The van der Waals surface area contributed by atoms with Crippen LogP contribution in [0.4, 0.5) is 4.39 Å². The summed E-state index contributed by atoms with van der Waals surface area (Å²) >= 11 is 0. The number of nitrogens with zero attached hydrogens (tertiary/aromatic N) is 1. The first-order valence-corrected chi connectivity index (χ1v) is 7.90. The molecule has 1 atom stereocenters. The molecular weight excluding hydrogens is 283 g/mol. The van der Waals surface area contributed by atoms with Gasteiger partial charge in [0, 0.05) is 25.7 Å². The van der Waals surface area contributed by atoms with Crippen LogP contribution in [-0.4, -0.2) is 49.7 Å². The Bertz CT molecular complexity index is 487. The molecule has 0 radical (unpaired) electrons. The van der Waals surface area contributed by atoms with Crippen LogP contribution in [0.5, 0.6) is 0 Å². The van der Waals surface area contributed by atoms with Crippen LogP contribution in [0.25, 0.3) is 0 Å². The van der Waals surface area contributed by atoms with E-state index in [1.54, 1.807) is 18.2 Å². The maximum Gasteiger partial charge on any atom is 0.224 e. The number of benzene rings is 1. The van der Waals surface area contributed by atoms with Gasteiger partial charge in [-0.25, -0.2) is 4.39 Å². The SMILES string of the molecule is CC(C)C(CNC(=O)Cc1ccccc1F)N1CCOCC1. The van der Waals surface area contributed by atoms with E-state index in [0.29, 0.717) is 18.0 Å². The molecule has 1 fully saturated rings. The van der Waals surface area contributed by atoms with Crippen molar-refractivity contribution in [2.45, 2.75) is 26.3 Å². The average molecular weight is 308 g/mol. The van der Waals surface area contributed by atoms with E-state index in [-0.39, 0.29) is 24.2 Å². The van der Waals surface area contributed by atoms with Crippen LogP contribution in [0, 0.1) is 11.7 Å². The van der Waals surface area contributed by atoms with Gasteiger partial charge in [0.05, 0.1) is 19.6 Å². The van der Waals surface area contributed by atoms with Gasteiger partial charge in [-0.3, -0.25) is 9.69 Å². The van der Waals surface area contributed by atoms with Crippen LogP contribution >= 0.6 is 0 Å². The van der Waals surface area contributed by atoms with Crippen molar-refractivity contribution >= 4 is 5.91 Å². The van der Waals surface area contributed by atoms with E-state index in [4.69, 9.17) is 4.74 Å². The molecule has 122 valence electrons. The maximum atomic E-state index is 13.6. The first-order chi connectivity index (χ1) is 10.6. The van der Waals surface area contributed by atoms with E-state index >= 15 is 0 Å². The Morgan fingerprint density at radius 1 is 1.32 bits per heavy atom. The standard InChI is InChI=1S/C17H25FN2O2/c1-13(2)16(20-7-9-22-10-8-20)12-19-17(21)11-14-5-3-4-6-15(14)18/h3-6,13,16H,7-12H2,1-2H3,(H,19,21). The topological polar surface area (TPSA) is 41.6 Å². The molecule has 4 nitrogen and oxygen atoms in total. The number of amides is 1. The minimum absolute atomic E-state index is 0.0839. The number of rotatable bonds is 6. The molecule has 1 unspecified atom stereocenters. The first kappa shape index (κ1) is 16.9. The monoisotopic (exact) mass is 308 g/mol. The number of halogens is 1. The molecule has 1 aliphatic rings. The van der Waals surface area contributed by atoms with Crippen molar-refractivity contribution in [2.75, 3.05) is 32.8 Å². The highest BCUT2D eigenvalue weighted by molar-refractivity contribution is 5.78. The van der Waals surface area contributed by atoms with Crippen LogP contribution in [-0.2, 0) is 16.0 Å². The molecule has 1 aromatic rings. The molecular formula is C17H25FN2O2. The molecule has 1 heterocycles. The maximum absolute atomic E-state index is 13.6. The predicted molar refractivity (Wildman–Crippen MR) is 84.1 cm³/mol. The number of nitrogens with one attached hydrogen (secondary N) is 1. The van der Waals surface area contributed by atoms with E-state index < -0.39 is 0 Å². The predicted octanol–water partition coefficient (Wildman–Crippen LogP) is 1.84. The van der Waals surface area contributed by atoms with Gasteiger partial charge < -0.3 is 10.1 Å². The molecule has 5 heteroatoms. The molecule has 1 aliphatic heterocycles. The number of hydrogen-bond donors (Lipinski definition) is 1. The Morgan fingerprint density at radius 2 is 2.00 bits per heavy atom. The number of hydrogen-bond acceptors (Lipinski definition) is 3. The molecule has 0 spiro atoms. The van der Waals surface area contributed by atoms with Crippen molar-refractivity contribution in [3.05, 3.63) is 35.6 Å². The van der Waals surface area contributed by atoms with Crippen molar-refractivity contribution < 1.29 is 13.9 Å². The van der Waals surface area contributed by atoms with Gasteiger partial charge in [0.1, 0.15) is 5.82 Å². The fraction of sp³-hybridized carbons (Fsp3) is 0.588. The average Bonchev–Trinajstić information content (AvgIpc) is 2.50. The van der Waals surface area contributed by atoms with Gasteiger partial charge in [0.2, 0.25) is 5.91 Å². The summed E-state index contributed by atoms with van der Waals surface area (Å²) in [5, 5.41) is 2.95. The van der Waals surface area contributed by atoms with E-state index in [1.807, 2.05) is 0 Å². The summed E-state index contributed by atoms with van der Waals surface area (Å²) in [5.74, 6) is -0.0258. The lowest BCUT2D eigenvalue weighted by atomic mass is 10.0. The van der Waals surface area contributed by atoms with Gasteiger partial charge in [-0.15, -0.1) is 0 Å². The second-order valence-electron chi connectivity index (χ2n) is 6.03. The number of carbonyl (C=O) groups is 1. The Kier molecular flexibility index (Phi) is 6.34. The third-order valence-corrected chi connectivity index (χ3v) is 4.10. The lowest BCUT2D eigenvalue weighted by Crippen LogP contribution is -2.51. The number of morpholine rings is 1. The lowest BCUT2D eigenvalue weighted by Gasteiger charge is -2.36. The highest BCUT2D eigenvalue weighted by Crippen LogP contribution is 2.12. The van der Waals surface area contributed by atoms with Gasteiger partial charge in [-0.05, 0) is 17.5 Å². The number of carbonyl (C=O) groups excluding carboxylic acids is 1. The second kappa shape index (κ2) is 8.25. The van der Waals surface area contributed by atoms with Crippen LogP contribution in [0.15, 0.2) is 24.3 Å². The van der Waals surface area contributed by atoms with Gasteiger partial charge in [-0.1, -0.05) is 32.0 Å². The molecule has 22 heavy (non-hydrogen) atoms. The first-order valence-electron chi connectivity index (χ1n) is 7.90. The molecule has 1 aromatic carbocycles. The zero-order valence-corrected chi connectivity index (χ0v) is 13.3. The largest absolute Gasteiger partial charge is 0.379 e. The Balaban J connectivity index is 1.86. The summed E-state index contributed by atoms with van der Waals surface area (Å²) in [4.78, 5) is 14.4. The number of ether oxygens (including phenoxy) is 1. The molecule has 0 aliphatic carbocycles. The summed E-state index contributed by atoms with van der Waals surface area (Å²) < 4.78 is 18.9. The normalized spacial score (nSPS) is 17.5. The highest BCUT2D eigenvalue weighted by atomic mass is 19.1. The van der Waals surface area contributed by atoms with Crippen molar-refractivity contribution in [2.24, 2.45) is 5.92 Å². The van der Waals surface area contributed by atoms with Crippen molar-refractivity contribution in [1.82, 2.24) is 10.2 Å². The van der Waals surface area contributed by atoms with Crippen LogP contribution in [0.1, 0.15) is 19.4 Å². The summed E-state index contributed by atoms with van der Waals surface area (Å²) in [6.07, 6.45) is 0.0839. The minimum Gasteiger partial charge on any atom is -0.379 e. The lowest BCUT2D eigenvalue weighted by molar-refractivity contribution is -0.120. The Hall–Kier alpha value is -1.46. The molecule has 1 saturated heterocycles. The van der Waals surface area contributed by atoms with E-state index in [2.05, 4.69) is 24.1 Å². The third kappa shape index (κ3) is 4.78. The van der Waals surface area contributed by atoms with Crippen molar-refractivity contribution in [1.29, 1.82) is 0 Å². The zero-order valence-electron chi connectivity index (χ0n) is 13.3. The minimum atomic E-state index is -0.328. The van der Waals surface area contributed by atoms with Crippen LogP contribution in [0.2, 0.25) is 0 Å². The molecule has 0 saturated carbocycles. The fourth-order valence-electron chi connectivity index (χ4n) is 2.79. The Morgan fingerprint density at radius 3 is 2.64 bits per heavy atom. The summed E-state index contributed by atoms with van der Waals surface area (Å²) in [7, 11) is 0. The van der Waals surface area contributed by atoms with E-state index in [0.717, 1.165) is 26.3 Å². The second-order valence-corrected chi connectivity index (χ2v) is 6.03. The molecule has 1 amide bonds. The van der Waals surface area contributed by atoms with Crippen molar-refractivity contribution in [3.8, 4) is 0 Å². The Labute approximate surface area is 131 Å². The van der Waals surface area contributed by atoms with Crippen molar-refractivity contribution in [3.63, 3.8) is 0 Å². The molecule has 1 N–H and O–H groups in total. The van der Waals surface area contributed by atoms with E-state index in [1.165, 1.54) is 6.07 Å². The third-order valence-electron chi connectivity index (χ3n) is 4.10. The highest BCUT2D eigenvalue weighted by Gasteiger charge is 2.24. The van der Waals surface area contributed by atoms with E-state index in [9.17, 15) is 9.18 Å². The summed E-state index contributed by atoms with van der Waals surface area (Å²) in [6, 6.07) is 6.69. The smallest absolute Gasteiger partial charge is 0.224 e. The summed E-state index contributed by atoms with van der Waals surface area (Å²) in [5.41, 5.74) is 0.437. The van der Waals surface area contributed by atoms with Gasteiger partial charge >= 0.3 is 0 Å². The zero-order chi connectivity index (χ0) is 15.9. The molecule has 2 rings (SSSR count). The van der Waals surface area contributed by atoms with Gasteiger partial charge in [0.15, 0.2) is 0 Å². The fourth-order valence-corrected chi connectivity index (χ4v) is 2.79. The van der Waals surface area contributed by atoms with Crippen LogP contribution < -0.4 is 5.32 Å². The van der Waals surface area contributed by atoms with Crippen LogP contribution in [0.3, 0.4) is 0 Å².